The smallest absolute Gasteiger partial charge is 0.316 e. The van der Waals surface area contributed by atoms with E-state index in [1.54, 1.807) is 35.3 Å². The molecule has 0 spiro atoms. The first-order valence-corrected chi connectivity index (χ1v) is 14.3. The molecular weight excluding hydrogens is 473 g/mol. The summed E-state index contributed by atoms with van der Waals surface area (Å²) in [4.78, 5) is 22.4. The second-order valence-electron chi connectivity index (χ2n) is 5.06. The zero-order chi connectivity index (χ0) is 21.2. The fourth-order valence-electron chi connectivity index (χ4n) is 1.64. The minimum Gasteiger partial charge on any atom is -0.468 e. The van der Waals surface area contributed by atoms with Crippen molar-refractivity contribution in [2.24, 2.45) is 0 Å². The van der Waals surface area contributed by atoms with E-state index in [0.717, 1.165) is 27.9 Å². The van der Waals surface area contributed by atoms with E-state index < -0.39 is 0 Å². The quantitative estimate of drug-likeness (QED) is 0.101. The zero-order valence-electron chi connectivity index (χ0n) is 16.6. The van der Waals surface area contributed by atoms with Crippen LogP contribution in [0.4, 0.5) is 0 Å². The monoisotopic (exact) mass is 500 g/mol. The molecule has 10 heteroatoms. The van der Waals surface area contributed by atoms with E-state index in [4.69, 9.17) is 17.0 Å². The predicted octanol–water partition coefficient (Wildman–Crippen LogP) is 5.48. The zero-order valence-corrected chi connectivity index (χ0v) is 21.5. The number of thioether (sulfide) groups is 5. The summed E-state index contributed by atoms with van der Waals surface area (Å²) in [5.74, 6) is 2.00. The topological polar surface area (TPSA) is 52.6 Å². The number of hydrogen-bond donors (Lipinski definition) is 0. The maximum atomic E-state index is 11.3. The highest BCUT2D eigenvalue weighted by Gasteiger charge is 2.11. The standard InChI is InChI=1S/C18H28O4S6/c1-5-8-14(11-27-18(24-4)28-13-16(20)22-3)9-6-7-10-25-17(23)26-12-15(19)21-2/h6,8-9,18H,5,7,10-13H2,1-4H3/b9-6-,14-8+. The Balaban J connectivity index is 4.21. The van der Waals surface area contributed by atoms with Crippen molar-refractivity contribution >= 4 is 86.5 Å². The molecule has 0 aromatic carbocycles. The van der Waals surface area contributed by atoms with Crippen LogP contribution in [0.2, 0.25) is 0 Å². The van der Waals surface area contributed by atoms with E-state index in [1.807, 2.05) is 11.8 Å². The summed E-state index contributed by atoms with van der Waals surface area (Å²) in [7, 11) is 2.79. The molecule has 1 unspecified atom stereocenters. The van der Waals surface area contributed by atoms with E-state index in [0.29, 0.717) is 9.67 Å². The SMILES string of the molecule is CC/C=C(\C=C/CCSC(=S)SCC(=O)OC)CSC(SC)SCC(=O)OC. The van der Waals surface area contributed by atoms with Gasteiger partial charge >= 0.3 is 11.9 Å². The Morgan fingerprint density at radius 1 is 1.04 bits per heavy atom. The summed E-state index contributed by atoms with van der Waals surface area (Å²) in [6.07, 6.45) is 10.5. The van der Waals surface area contributed by atoms with Crippen LogP contribution in [0.25, 0.3) is 0 Å². The summed E-state index contributed by atoms with van der Waals surface area (Å²) in [6.45, 7) is 2.13. The lowest BCUT2D eigenvalue weighted by molar-refractivity contribution is -0.138. The molecule has 0 bridgehead atoms. The van der Waals surface area contributed by atoms with E-state index in [2.05, 4.69) is 36.1 Å². The summed E-state index contributed by atoms with van der Waals surface area (Å²) in [5.41, 5.74) is 1.29. The number of rotatable bonds is 14. The summed E-state index contributed by atoms with van der Waals surface area (Å²) < 4.78 is 10.4. The molecule has 0 saturated carbocycles. The Labute approximate surface area is 195 Å². The van der Waals surface area contributed by atoms with Gasteiger partial charge in [0, 0.05) is 11.5 Å². The van der Waals surface area contributed by atoms with Crippen molar-refractivity contribution in [2.75, 3.05) is 43.5 Å². The Morgan fingerprint density at radius 3 is 2.29 bits per heavy atom. The molecule has 0 aromatic rings. The number of allylic oxidation sites excluding steroid dienone is 3. The van der Waals surface area contributed by atoms with Crippen LogP contribution in [0.15, 0.2) is 23.8 Å². The highest BCUT2D eigenvalue weighted by atomic mass is 32.3. The van der Waals surface area contributed by atoms with E-state index in [-0.39, 0.29) is 17.7 Å². The normalized spacial score (nSPS) is 12.8. The summed E-state index contributed by atoms with van der Waals surface area (Å²) in [6, 6.07) is 0. The maximum absolute atomic E-state index is 11.3. The number of carbonyl (C=O) groups excluding carboxylic acids is 2. The Morgan fingerprint density at radius 2 is 1.68 bits per heavy atom. The molecule has 1 atom stereocenters. The molecule has 0 fully saturated rings. The molecule has 0 aromatic heterocycles. The van der Waals surface area contributed by atoms with Crippen molar-refractivity contribution in [1.29, 1.82) is 0 Å². The van der Waals surface area contributed by atoms with Crippen LogP contribution in [0.5, 0.6) is 0 Å². The van der Waals surface area contributed by atoms with Gasteiger partial charge in [-0.2, -0.15) is 0 Å². The second-order valence-corrected chi connectivity index (χ2v) is 12.4. The van der Waals surface area contributed by atoms with Crippen LogP contribution in [-0.4, -0.2) is 62.9 Å². The first-order chi connectivity index (χ1) is 13.5. The third-order valence-corrected chi connectivity index (χ3v) is 10.3. The lowest BCUT2D eigenvalue weighted by Gasteiger charge is -2.13. The molecule has 0 aliphatic rings. The van der Waals surface area contributed by atoms with Gasteiger partial charge in [0.15, 0.2) is 0 Å². The molecule has 0 radical (unpaired) electrons. The van der Waals surface area contributed by atoms with Crippen molar-refractivity contribution in [3.8, 4) is 0 Å². The number of ether oxygens (including phenoxy) is 2. The molecular formula is C18H28O4S6. The molecule has 0 saturated heterocycles. The van der Waals surface area contributed by atoms with Gasteiger partial charge in [-0.25, -0.2) is 0 Å². The molecule has 0 N–H and O–H groups in total. The molecule has 4 nitrogen and oxygen atoms in total. The molecule has 28 heavy (non-hydrogen) atoms. The van der Waals surface area contributed by atoms with Crippen LogP contribution in [0, 0.1) is 0 Å². The van der Waals surface area contributed by atoms with E-state index in [1.165, 1.54) is 31.6 Å². The van der Waals surface area contributed by atoms with Gasteiger partial charge < -0.3 is 9.47 Å². The molecule has 0 rings (SSSR count). The predicted molar refractivity (Wildman–Crippen MR) is 136 cm³/mol. The number of hydrogen-bond acceptors (Lipinski definition) is 10. The fourth-order valence-corrected chi connectivity index (χ4v) is 6.83. The van der Waals surface area contributed by atoms with Gasteiger partial charge in [-0.05, 0) is 24.7 Å². The molecule has 0 heterocycles. The van der Waals surface area contributed by atoms with Crippen molar-refractivity contribution < 1.29 is 19.1 Å². The second kappa shape index (κ2) is 19.2. The third kappa shape index (κ3) is 16.1. The van der Waals surface area contributed by atoms with Gasteiger partial charge in [0.05, 0.1) is 29.6 Å². The van der Waals surface area contributed by atoms with E-state index >= 15 is 0 Å². The van der Waals surface area contributed by atoms with Crippen molar-refractivity contribution in [3.05, 3.63) is 23.8 Å². The number of carbonyl (C=O) groups is 2. The minimum atomic E-state index is -0.256. The summed E-state index contributed by atoms with van der Waals surface area (Å²) >= 11 is 13.3. The summed E-state index contributed by atoms with van der Waals surface area (Å²) in [5, 5.41) is 0. The van der Waals surface area contributed by atoms with Crippen molar-refractivity contribution in [3.63, 3.8) is 0 Å². The van der Waals surface area contributed by atoms with Gasteiger partial charge in [-0.3, -0.25) is 9.59 Å². The highest BCUT2D eigenvalue weighted by molar-refractivity contribution is 8.47. The number of methoxy groups -OCH3 is 2. The Kier molecular flexibility index (Phi) is 19.4. The van der Waals surface area contributed by atoms with Gasteiger partial charge in [-0.15, -0.1) is 47.0 Å². The average molecular weight is 501 g/mol. The number of thiocarbonyl (C=S) groups is 1. The van der Waals surface area contributed by atoms with Gasteiger partial charge in [0.2, 0.25) is 0 Å². The first kappa shape index (κ1) is 28.3. The van der Waals surface area contributed by atoms with Crippen LogP contribution in [-0.2, 0) is 19.1 Å². The molecule has 0 aliphatic carbocycles. The lowest BCUT2D eigenvalue weighted by atomic mass is 10.2. The molecule has 0 amide bonds. The average Bonchev–Trinajstić information content (AvgIpc) is 2.71. The number of esters is 2. The van der Waals surface area contributed by atoms with Gasteiger partial charge in [-0.1, -0.05) is 49.1 Å². The van der Waals surface area contributed by atoms with E-state index in [9.17, 15) is 9.59 Å². The fraction of sp³-hybridized carbons (Fsp3) is 0.611. The molecule has 0 aliphatic heterocycles. The van der Waals surface area contributed by atoms with Crippen LogP contribution in [0.1, 0.15) is 19.8 Å². The first-order valence-electron chi connectivity index (χ1n) is 8.51. The van der Waals surface area contributed by atoms with Crippen molar-refractivity contribution in [1.82, 2.24) is 0 Å². The third-order valence-electron chi connectivity index (χ3n) is 2.98. The van der Waals surface area contributed by atoms with Gasteiger partial charge in [0.25, 0.3) is 0 Å². The highest BCUT2D eigenvalue weighted by Crippen LogP contribution is 2.33. The largest absolute Gasteiger partial charge is 0.468 e. The van der Waals surface area contributed by atoms with Crippen LogP contribution in [0.3, 0.4) is 0 Å². The molecule has 160 valence electrons. The van der Waals surface area contributed by atoms with Gasteiger partial charge in [0.1, 0.15) is 3.53 Å². The van der Waals surface area contributed by atoms with Crippen LogP contribution >= 0.6 is 71.0 Å². The van der Waals surface area contributed by atoms with Crippen molar-refractivity contribution in [2.45, 2.75) is 23.7 Å². The van der Waals surface area contributed by atoms with Crippen LogP contribution < -0.4 is 0 Å². The minimum absolute atomic E-state index is 0.186. The lowest BCUT2D eigenvalue weighted by Crippen LogP contribution is -2.06. The Hall–Kier alpha value is 0.260. The maximum Gasteiger partial charge on any atom is 0.316 e. The Bertz CT molecular complexity index is 536.